The molecule has 0 spiro atoms. The summed E-state index contributed by atoms with van der Waals surface area (Å²) < 4.78 is 6.21. The second-order valence-corrected chi connectivity index (χ2v) is 7.87. The fourth-order valence-corrected chi connectivity index (χ4v) is 3.40. The summed E-state index contributed by atoms with van der Waals surface area (Å²) in [4.78, 5) is 0. The van der Waals surface area contributed by atoms with Gasteiger partial charge in [0.05, 0.1) is 12.2 Å². The molecule has 1 aliphatic carbocycles. The molecule has 0 radical (unpaired) electrons. The van der Waals surface area contributed by atoms with Crippen molar-refractivity contribution in [3.63, 3.8) is 0 Å². The third-order valence-electron chi connectivity index (χ3n) is 5.47. The van der Waals surface area contributed by atoms with E-state index in [0.29, 0.717) is 11.8 Å². The predicted octanol–water partition coefficient (Wildman–Crippen LogP) is 5.72. The van der Waals surface area contributed by atoms with E-state index >= 15 is 0 Å². The van der Waals surface area contributed by atoms with E-state index in [4.69, 9.17) is 4.74 Å². The molecule has 0 bridgehead atoms. The molecule has 0 aliphatic heterocycles. The molecule has 0 saturated heterocycles. The lowest BCUT2D eigenvalue weighted by Gasteiger charge is -2.38. The maximum Gasteiger partial charge on any atom is 0.0815 e. The lowest BCUT2D eigenvalue weighted by Crippen LogP contribution is -2.39. The van der Waals surface area contributed by atoms with Crippen LogP contribution < -0.4 is 0 Å². The molecule has 5 atom stereocenters. The number of ether oxygens (including phenoxy) is 1. The van der Waals surface area contributed by atoms with Gasteiger partial charge in [0, 0.05) is 6.61 Å². The molecule has 2 nitrogen and oxygen atoms in total. The minimum Gasteiger partial charge on any atom is -0.389 e. The molecule has 0 saturated carbocycles. The van der Waals surface area contributed by atoms with Crippen molar-refractivity contribution in [2.75, 3.05) is 6.61 Å². The maximum atomic E-state index is 10.3. The third kappa shape index (κ3) is 7.03. The van der Waals surface area contributed by atoms with E-state index in [2.05, 4.69) is 53.7 Å². The van der Waals surface area contributed by atoms with E-state index in [-0.39, 0.29) is 18.1 Å². The number of aliphatic hydroxyl groups excluding tert-OH is 1. The van der Waals surface area contributed by atoms with Gasteiger partial charge in [-0.1, -0.05) is 53.5 Å². The van der Waals surface area contributed by atoms with Crippen LogP contribution in [0.1, 0.15) is 73.1 Å². The zero-order chi connectivity index (χ0) is 18.1. The molecule has 1 aliphatic rings. The Morgan fingerprint density at radius 1 is 1.33 bits per heavy atom. The van der Waals surface area contributed by atoms with Gasteiger partial charge in [0.2, 0.25) is 0 Å². The molecule has 0 aromatic heterocycles. The van der Waals surface area contributed by atoms with Crippen LogP contribution in [0.4, 0.5) is 0 Å². The van der Waals surface area contributed by atoms with Gasteiger partial charge in [-0.2, -0.15) is 0 Å². The summed E-state index contributed by atoms with van der Waals surface area (Å²) in [6.45, 7) is 15.7. The molecule has 0 aromatic carbocycles. The second-order valence-electron chi connectivity index (χ2n) is 7.87. The van der Waals surface area contributed by atoms with Gasteiger partial charge in [-0.3, -0.25) is 0 Å². The molecule has 0 fully saturated rings. The predicted molar refractivity (Wildman–Crippen MR) is 104 cm³/mol. The molecule has 0 amide bonds. The van der Waals surface area contributed by atoms with Crippen LogP contribution in [0.25, 0.3) is 0 Å². The van der Waals surface area contributed by atoms with Gasteiger partial charge in [-0.15, -0.1) is 6.42 Å². The quantitative estimate of drug-likeness (QED) is 0.297. The maximum absolute atomic E-state index is 10.3. The van der Waals surface area contributed by atoms with Crippen molar-refractivity contribution in [1.29, 1.82) is 0 Å². The van der Waals surface area contributed by atoms with Crippen LogP contribution in [0.2, 0.25) is 0 Å². The average Bonchev–Trinajstić information content (AvgIpc) is 2.53. The summed E-state index contributed by atoms with van der Waals surface area (Å²) in [5, 5.41) is 10.3. The molecular weight excluding hydrogens is 296 g/mol. The topological polar surface area (TPSA) is 29.5 Å². The van der Waals surface area contributed by atoms with E-state index < -0.39 is 0 Å². The van der Waals surface area contributed by atoms with Crippen molar-refractivity contribution < 1.29 is 9.84 Å². The summed E-state index contributed by atoms with van der Waals surface area (Å²) in [5.41, 5.74) is 2.48. The van der Waals surface area contributed by atoms with Crippen molar-refractivity contribution >= 4 is 0 Å². The van der Waals surface area contributed by atoms with Crippen molar-refractivity contribution in [2.24, 2.45) is 17.8 Å². The van der Waals surface area contributed by atoms with Crippen LogP contribution in [0.15, 0.2) is 23.8 Å². The Morgan fingerprint density at radius 3 is 2.67 bits per heavy atom. The summed E-state index contributed by atoms with van der Waals surface area (Å²) in [7, 11) is 0. The van der Waals surface area contributed by atoms with Crippen LogP contribution in [0.5, 0.6) is 0 Å². The summed E-state index contributed by atoms with van der Waals surface area (Å²) >= 11 is 0. The van der Waals surface area contributed by atoms with Gasteiger partial charge in [0.15, 0.2) is 0 Å². The zero-order valence-electron chi connectivity index (χ0n) is 16.6. The first-order chi connectivity index (χ1) is 11.4. The fraction of sp³-hybridized carbons (Fsp3) is 0.773. The Bertz CT molecular complexity index is 399. The Labute approximate surface area is 150 Å². The molecule has 5 unspecified atom stereocenters. The number of rotatable bonds is 11. The SMILES string of the molecule is C=C(C)[CH-]CCC(C)CCC1=CC(O)C(C)C(C)C1OCCCC. The van der Waals surface area contributed by atoms with Gasteiger partial charge in [-0.25, -0.2) is 18.6 Å². The molecule has 2 heteroatoms. The average molecular weight is 336 g/mol. The highest BCUT2D eigenvalue weighted by Gasteiger charge is 2.34. The first kappa shape index (κ1) is 21.3. The largest absolute Gasteiger partial charge is 0.389 e. The van der Waals surface area contributed by atoms with Gasteiger partial charge >= 0.3 is 0 Å². The van der Waals surface area contributed by atoms with Crippen molar-refractivity contribution in [3.8, 4) is 0 Å². The lowest BCUT2D eigenvalue weighted by molar-refractivity contribution is -0.0123. The molecule has 1 N–H and O–H groups in total. The second kappa shape index (κ2) is 11.0. The summed E-state index contributed by atoms with van der Waals surface area (Å²) in [5.74, 6) is 1.33. The highest BCUT2D eigenvalue weighted by atomic mass is 16.5. The Morgan fingerprint density at radius 2 is 2.04 bits per heavy atom. The van der Waals surface area contributed by atoms with Crippen LogP contribution in [-0.2, 0) is 4.74 Å². The fourth-order valence-electron chi connectivity index (χ4n) is 3.40. The summed E-state index contributed by atoms with van der Waals surface area (Å²) in [6, 6.07) is 0. The van der Waals surface area contributed by atoms with Gasteiger partial charge in [0.1, 0.15) is 0 Å². The zero-order valence-corrected chi connectivity index (χ0v) is 16.6. The lowest BCUT2D eigenvalue weighted by atomic mass is 9.76. The van der Waals surface area contributed by atoms with E-state index in [1.165, 1.54) is 12.0 Å². The Kier molecular flexibility index (Phi) is 9.76. The minimum atomic E-state index is -0.326. The summed E-state index contributed by atoms with van der Waals surface area (Å²) in [6.07, 6.45) is 11.0. The van der Waals surface area contributed by atoms with Crippen molar-refractivity contribution in [1.82, 2.24) is 0 Å². The number of hydrogen-bond acceptors (Lipinski definition) is 2. The van der Waals surface area contributed by atoms with Crippen LogP contribution in [0, 0.1) is 24.2 Å². The number of aliphatic hydroxyl groups is 1. The number of unbranched alkanes of at least 4 members (excludes halogenated alkanes) is 1. The molecule has 0 heterocycles. The minimum absolute atomic E-state index is 0.184. The van der Waals surface area contributed by atoms with E-state index in [1.807, 2.05) is 0 Å². The van der Waals surface area contributed by atoms with E-state index in [9.17, 15) is 5.11 Å². The first-order valence-corrected chi connectivity index (χ1v) is 9.85. The van der Waals surface area contributed by atoms with Crippen LogP contribution in [0.3, 0.4) is 0 Å². The van der Waals surface area contributed by atoms with Crippen molar-refractivity contribution in [2.45, 2.75) is 85.4 Å². The number of allylic oxidation sites excluding steroid dienone is 1. The van der Waals surface area contributed by atoms with Crippen LogP contribution in [-0.4, -0.2) is 23.9 Å². The first-order valence-electron chi connectivity index (χ1n) is 9.85. The third-order valence-corrected chi connectivity index (χ3v) is 5.47. The monoisotopic (exact) mass is 335 g/mol. The molecular formula is C22H39O2-. The van der Waals surface area contributed by atoms with Gasteiger partial charge < -0.3 is 9.84 Å². The van der Waals surface area contributed by atoms with E-state index in [1.54, 1.807) is 0 Å². The Balaban J connectivity index is 2.56. The van der Waals surface area contributed by atoms with Gasteiger partial charge in [0.25, 0.3) is 0 Å². The van der Waals surface area contributed by atoms with Crippen LogP contribution >= 0.6 is 0 Å². The van der Waals surface area contributed by atoms with Gasteiger partial charge in [-0.05, 0) is 42.6 Å². The standard InChI is InChI=1S/C22H39O2/c1-7-8-14-24-22-19(6)18(5)21(23)15-20(22)13-12-17(4)11-9-10-16(2)3/h10,15,17-19,21-23H,2,7-9,11-14H2,1,3-6H3/q-1. The highest BCUT2D eigenvalue weighted by Crippen LogP contribution is 2.35. The van der Waals surface area contributed by atoms with Crippen molar-refractivity contribution in [3.05, 3.63) is 30.2 Å². The smallest absolute Gasteiger partial charge is 0.0815 e. The number of hydrogen-bond donors (Lipinski definition) is 1. The Hall–Kier alpha value is -0.730. The molecule has 1 rings (SSSR count). The normalized spacial score (nSPS) is 28.3. The highest BCUT2D eigenvalue weighted by molar-refractivity contribution is 5.18. The molecule has 0 aromatic rings. The molecule has 140 valence electrons. The van der Waals surface area contributed by atoms with E-state index in [0.717, 1.165) is 44.3 Å². The molecule has 24 heavy (non-hydrogen) atoms.